The van der Waals surface area contributed by atoms with E-state index in [2.05, 4.69) is 6.92 Å². The molecular formula is C9H20O3. The number of hydrogen-bond donors (Lipinski definition) is 1. The van der Waals surface area contributed by atoms with Crippen LogP contribution in [0, 0.1) is 0 Å². The van der Waals surface area contributed by atoms with Crippen molar-refractivity contribution in [1.29, 1.82) is 0 Å². The number of ether oxygens (including phenoxy) is 2. The summed E-state index contributed by atoms with van der Waals surface area (Å²) in [7, 11) is 0. The Morgan fingerprint density at radius 3 is 2.42 bits per heavy atom. The van der Waals surface area contributed by atoms with Gasteiger partial charge in [0.05, 0.1) is 13.2 Å². The first-order valence-electron chi connectivity index (χ1n) is 4.64. The average Bonchev–Trinajstić information content (AvgIpc) is 2.09. The van der Waals surface area contributed by atoms with E-state index in [1.165, 1.54) is 0 Å². The number of hydrogen-bond acceptors (Lipinski definition) is 3. The molecule has 3 nitrogen and oxygen atoms in total. The zero-order valence-corrected chi connectivity index (χ0v) is 8.08. The van der Waals surface area contributed by atoms with Gasteiger partial charge in [-0.25, -0.2) is 0 Å². The highest BCUT2D eigenvalue weighted by molar-refractivity contribution is 4.50. The Morgan fingerprint density at radius 2 is 1.83 bits per heavy atom. The van der Waals surface area contributed by atoms with Crippen LogP contribution in [0.25, 0.3) is 0 Å². The van der Waals surface area contributed by atoms with Crippen LogP contribution in [0.5, 0.6) is 0 Å². The lowest BCUT2D eigenvalue weighted by Gasteiger charge is -2.10. The fraction of sp³-hybridized carbons (Fsp3) is 1.00. The maximum Gasteiger partial charge on any atom is 0.101 e. The van der Waals surface area contributed by atoms with E-state index in [9.17, 15) is 5.11 Å². The molecule has 0 aromatic heterocycles. The van der Waals surface area contributed by atoms with E-state index in [4.69, 9.17) is 9.47 Å². The van der Waals surface area contributed by atoms with E-state index in [0.717, 1.165) is 19.4 Å². The lowest BCUT2D eigenvalue weighted by molar-refractivity contribution is -0.0165. The van der Waals surface area contributed by atoms with Crippen LogP contribution in [0.4, 0.5) is 0 Å². The summed E-state index contributed by atoms with van der Waals surface area (Å²) in [5, 5.41) is 9.23. The number of aliphatic hydroxyl groups is 1. The molecule has 0 saturated carbocycles. The molecule has 0 fully saturated rings. The van der Waals surface area contributed by atoms with Crippen molar-refractivity contribution in [3.63, 3.8) is 0 Å². The molecule has 1 atom stereocenters. The average molecular weight is 176 g/mol. The van der Waals surface area contributed by atoms with Gasteiger partial charge in [-0.2, -0.15) is 0 Å². The van der Waals surface area contributed by atoms with Gasteiger partial charge in [0.1, 0.15) is 6.10 Å². The summed E-state index contributed by atoms with van der Waals surface area (Å²) in [6.45, 7) is 6.17. The first-order chi connectivity index (χ1) is 5.81. The highest BCUT2D eigenvalue weighted by Crippen LogP contribution is 1.91. The minimum Gasteiger partial charge on any atom is -0.388 e. The third kappa shape index (κ3) is 7.98. The molecule has 0 unspecified atom stereocenters. The van der Waals surface area contributed by atoms with Crippen molar-refractivity contribution in [2.45, 2.75) is 32.8 Å². The van der Waals surface area contributed by atoms with Gasteiger partial charge in [-0.05, 0) is 13.3 Å². The van der Waals surface area contributed by atoms with Crippen molar-refractivity contribution < 1.29 is 14.6 Å². The summed E-state index contributed by atoms with van der Waals surface area (Å²) >= 11 is 0. The predicted molar refractivity (Wildman–Crippen MR) is 48.2 cm³/mol. The van der Waals surface area contributed by atoms with E-state index >= 15 is 0 Å². The van der Waals surface area contributed by atoms with Gasteiger partial charge in [0.15, 0.2) is 0 Å². The van der Waals surface area contributed by atoms with E-state index < -0.39 is 6.10 Å². The molecule has 0 spiro atoms. The second-order valence-electron chi connectivity index (χ2n) is 2.74. The van der Waals surface area contributed by atoms with Gasteiger partial charge in [0, 0.05) is 13.2 Å². The van der Waals surface area contributed by atoms with Crippen LogP contribution in [0.15, 0.2) is 0 Å². The Balaban J connectivity index is 3.02. The Kier molecular flexibility index (Phi) is 8.88. The molecular weight excluding hydrogens is 156 g/mol. The van der Waals surface area contributed by atoms with Crippen LogP contribution in [-0.2, 0) is 9.47 Å². The van der Waals surface area contributed by atoms with Gasteiger partial charge < -0.3 is 14.6 Å². The maximum atomic E-state index is 9.23. The fourth-order valence-electron chi connectivity index (χ4n) is 0.768. The lowest BCUT2D eigenvalue weighted by atomic mass is 10.3. The van der Waals surface area contributed by atoms with Crippen molar-refractivity contribution in [2.75, 3.05) is 26.4 Å². The topological polar surface area (TPSA) is 38.7 Å². The zero-order valence-electron chi connectivity index (χ0n) is 8.08. The van der Waals surface area contributed by atoms with Crippen LogP contribution in [-0.4, -0.2) is 37.6 Å². The van der Waals surface area contributed by atoms with Crippen LogP contribution in [0.3, 0.4) is 0 Å². The van der Waals surface area contributed by atoms with Gasteiger partial charge >= 0.3 is 0 Å². The van der Waals surface area contributed by atoms with Crippen molar-refractivity contribution in [3.8, 4) is 0 Å². The van der Waals surface area contributed by atoms with Crippen LogP contribution < -0.4 is 0 Å². The predicted octanol–water partition coefficient (Wildman–Crippen LogP) is 1.20. The standard InChI is InChI=1S/C9H20O3/c1-3-5-6-12-8-9(10)7-11-4-2/h9-10H,3-8H2,1-2H3/t9-/m1/s1. The highest BCUT2D eigenvalue weighted by Gasteiger charge is 2.02. The summed E-state index contributed by atoms with van der Waals surface area (Å²) in [4.78, 5) is 0. The van der Waals surface area contributed by atoms with Gasteiger partial charge in [0.25, 0.3) is 0 Å². The molecule has 74 valence electrons. The first-order valence-corrected chi connectivity index (χ1v) is 4.64. The van der Waals surface area contributed by atoms with Crippen molar-refractivity contribution in [2.24, 2.45) is 0 Å². The summed E-state index contributed by atoms with van der Waals surface area (Å²) in [5.41, 5.74) is 0. The van der Waals surface area contributed by atoms with Gasteiger partial charge in [0.2, 0.25) is 0 Å². The molecule has 0 aromatic carbocycles. The molecule has 12 heavy (non-hydrogen) atoms. The molecule has 0 amide bonds. The molecule has 1 N–H and O–H groups in total. The van der Waals surface area contributed by atoms with Gasteiger partial charge in [-0.3, -0.25) is 0 Å². The van der Waals surface area contributed by atoms with E-state index in [1.54, 1.807) is 0 Å². The van der Waals surface area contributed by atoms with Crippen molar-refractivity contribution in [3.05, 3.63) is 0 Å². The van der Waals surface area contributed by atoms with E-state index in [0.29, 0.717) is 19.8 Å². The highest BCUT2D eigenvalue weighted by atomic mass is 16.5. The van der Waals surface area contributed by atoms with Crippen molar-refractivity contribution >= 4 is 0 Å². The molecule has 0 heterocycles. The van der Waals surface area contributed by atoms with E-state index in [-0.39, 0.29) is 0 Å². The van der Waals surface area contributed by atoms with E-state index in [1.807, 2.05) is 6.92 Å². The van der Waals surface area contributed by atoms with Gasteiger partial charge in [-0.1, -0.05) is 13.3 Å². The molecule has 0 aromatic rings. The smallest absolute Gasteiger partial charge is 0.101 e. The molecule has 0 aliphatic rings. The Hall–Kier alpha value is -0.120. The quantitative estimate of drug-likeness (QED) is 0.565. The van der Waals surface area contributed by atoms with Crippen LogP contribution in [0.1, 0.15) is 26.7 Å². The molecule has 0 aliphatic heterocycles. The number of unbranched alkanes of at least 4 members (excludes halogenated alkanes) is 1. The fourth-order valence-corrected chi connectivity index (χ4v) is 0.768. The van der Waals surface area contributed by atoms with Crippen LogP contribution >= 0.6 is 0 Å². The maximum absolute atomic E-state index is 9.23. The molecule has 0 radical (unpaired) electrons. The molecule has 0 saturated heterocycles. The third-order valence-corrected chi connectivity index (χ3v) is 1.47. The molecule has 0 rings (SSSR count). The van der Waals surface area contributed by atoms with Crippen molar-refractivity contribution in [1.82, 2.24) is 0 Å². The second-order valence-corrected chi connectivity index (χ2v) is 2.74. The summed E-state index contributed by atoms with van der Waals surface area (Å²) in [6.07, 6.45) is 1.71. The lowest BCUT2D eigenvalue weighted by Crippen LogP contribution is -2.21. The SMILES string of the molecule is CCCCOC[C@H](O)COCC. The molecule has 0 aliphatic carbocycles. The van der Waals surface area contributed by atoms with Crippen LogP contribution in [0.2, 0.25) is 0 Å². The normalized spacial score (nSPS) is 13.2. The summed E-state index contributed by atoms with van der Waals surface area (Å²) in [6, 6.07) is 0. The second kappa shape index (κ2) is 8.97. The van der Waals surface area contributed by atoms with Gasteiger partial charge in [-0.15, -0.1) is 0 Å². The Labute approximate surface area is 74.7 Å². The largest absolute Gasteiger partial charge is 0.388 e. The minimum absolute atomic E-state index is 0.378. The Morgan fingerprint density at radius 1 is 1.17 bits per heavy atom. The first kappa shape index (κ1) is 11.9. The third-order valence-electron chi connectivity index (χ3n) is 1.47. The number of rotatable bonds is 8. The number of aliphatic hydroxyl groups excluding tert-OH is 1. The molecule has 3 heteroatoms. The minimum atomic E-state index is -0.471. The Bertz CT molecular complexity index is 85.8. The summed E-state index contributed by atoms with van der Waals surface area (Å²) in [5.74, 6) is 0. The zero-order chi connectivity index (χ0) is 9.23. The summed E-state index contributed by atoms with van der Waals surface area (Å²) < 4.78 is 10.2. The molecule has 0 bridgehead atoms. The monoisotopic (exact) mass is 176 g/mol.